The molecule has 1 fully saturated rings. The highest BCUT2D eigenvalue weighted by molar-refractivity contribution is 5.52. The molecule has 1 unspecified atom stereocenters. The van der Waals surface area contributed by atoms with Crippen LogP contribution in [0.2, 0.25) is 0 Å². The minimum atomic E-state index is 0.480. The molecule has 0 saturated carbocycles. The normalized spacial score (nSPS) is 20.8. The largest absolute Gasteiger partial charge is 0.353 e. The van der Waals surface area contributed by atoms with Crippen molar-refractivity contribution in [3.05, 3.63) is 30.6 Å². The van der Waals surface area contributed by atoms with Gasteiger partial charge in [0.2, 0.25) is 0 Å². The molecule has 1 aliphatic heterocycles. The molecular weight excluding hydrogens is 200 g/mol. The highest BCUT2D eigenvalue weighted by Gasteiger charge is 2.24. The first-order chi connectivity index (χ1) is 7.90. The maximum absolute atomic E-state index is 5.81. The van der Waals surface area contributed by atoms with E-state index in [1.807, 2.05) is 18.5 Å². The predicted molar refractivity (Wildman–Crippen MR) is 64.6 cm³/mol. The smallest absolute Gasteiger partial charge is 0.138 e. The number of hydrogen-bond donors (Lipinski definition) is 1. The molecule has 1 aliphatic rings. The summed E-state index contributed by atoms with van der Waals surface area (Å²) in [5.74, 6) is 1.21. The van der Waals surface area contributed by atoms with E-state index in [1.165, 1.54) is 18.7 Å². The van der Waals surface area contributed by atoms with E-state index in [0.29, 0.717) is 6.04 Å². The zero-order valence-electron chi connectivity index (χ0n) is 9.21. The third-order valence-corrected chi connectivity index (χ3v) is 3.35. The first kappa shape index (κ1) is 9.66. The number of fused-ring (bicyclic) bond motifs is 1. The number of imidazole rings is 1. The lowest BCUT2D eigenvalue weighted by molar-refractivity contribution is 0.669. The van der Waals surface area contributed by atoms with Gasteiger partial charge in [0.1, 0.15) is 11.5 Å². The van der Waals surface area contributed by atoms with Crippen LogP contribution in [0.25, 0.3) is 5.65 Å². The van der Waals surface area contributed by atoms with Crippen molar-refractivity contribution in [3.63, 3.8) is 0 Å². The molecule has 16 heavy (non-hydrogen) atoms. The Morgan fingerprint density at radius 3 is 3.25 bits per heavy atom. The van der Waals surface area contributed by atoms with Gasteiger partial charge in [-0.15, -0.1) is 0 Å². The molecule has 3 rings (SSSR count). The fraction of sp³-hybridized carbons (Fsp3) is 0.417. The Bertz CT molecular complexity index is 490. The summed E-state index contributed by atoms with van der Waals surface area (Å²) in [5, 5.41) is 0. The molecule has 3 heterocycles. The number of nitrogens with zero attached hydrogens (tertiary/aromatic N) is 3. The van der Waals surface area contributed by atoms with E-state index in [-0.39, 0.29) is 0 Å². The summed E-state index contributed by atoms with van der Waals surface area (Å²) in [6.45, 7) is 1.82. The van der Waals surface area contributed by atoms with Crippen molar-refractivity contribution in [2.75, 3.05) is 18.0 Å². The van der Waals surface area contributed by atoms with Gasteiger partial charge >= 0.3 is 0 Å². The van der Waals surface area contributed by atoms with Crippen LogP contribution in [0.4, 0.5) is 5.82 Å². The van der Waals surface area contributed by atoms with Gasteiger partial charge in [-0.3, -0.25) is 4.40 Å². The molecule has 0 spiro atoms. The molecule has 4 heteroatoms. The second-order valence-electron chi connectivity index (χ2n) is 4.26. The molecule has 0 amide bonds. The summed E-state index contributed by atoms with van der Waals surface area (Å²) < 4.78 is 2.13. The van der Waals surface area contributed by atoms with Gasteiger partial charge in [0.05, 0.1) is 0 Å². The summed E-state index contributed by atoms with van der Waals surface area (Å²) in [6, 6.07) is 6.71. The summed E-state index contributed by atoms with van der Waals surface area (Å²) >= 11 is 0. The minimum Gasteiger partial charge on any atom is -0.353 e. The number of rotatable bonds is 2. The lowest BCUT2D eigenvalue weighted by atomic mass is 10.2. The average molecular weight is 216 g/mol. The van der Waals surface area contributed by atoms with Crippen LogP contribution in [0.15, 0.2) is 30.6 Å². The summed E-state index contributed by atoms with van der Waals surface area (Å²) in [5.41, 5.74) is 6.81. The lowest BCUT2D eigenvalue weighted by Crippen LogP contribution is -2.36. The number of anilines is 1. The number of aromatic nitrogens is 2. The van der Waals surface area contributed by atoms with Crippen molar-refractivity contribution < 1.29 is 0 Å². The van der Waals surface area contributed by atoms with E-state index >= 15 is 0 Å². The zero-order valence-corrected chi connectivity index (χ0v) is 9.21. The first-order valence-corrected chi connectivity index (χ1v) is 5.79. The van der Waals surface area contributed by atoms with Crippen molar-refractivity contribution in [1.29, 1.82) is 0 Å². The molecule has 0 aliphatic carbocycles. The van der Waals surface area contributed by atoms with Crippen molar-refractivity contribution in [1.82, 2.24) is 9.38 Å². The minimum absolute atomic E-state index is 0.480. The Kier molecular flexibility index (Phi) is 2.29. The molecule has 1 saturated heterocycles. The average Bonchev–Trinajstić information content (AvgIpc) is 2.96. The Morgan fingerprint density at radius 2 is 2.38 bits per heavy atom. The molecule has 0 aromatic carbocycles. The standard InChI is InChI=1S/C12H16N4/c13-9-10-3-2-7-15(10)12-5-1-4-11-14-6-8-16(11)12/h1,4-6,8,10H,2-3,7,9,13H2. The molecule has 1 atom stereocenters. The molecule has 2 aromatic heterocycles. The second kappa shape index (κ2) is 3.79. The highest BCUT2D eigenvalue weighted by atomic mass is 15.3. The van der Waals surface area contributed by atoms with Crippen molar-refractivity contribution >= 4 is 11.5 Å². The van der Waals surface area contributed by atoms with Gasteiger partial charge in [-0.05, 0) is 25.0 Å². The van der Waals surface area contributed by atoms with E-state index in [4.69, 9.17) is 5.73 Å². The fourth-order valence-corrected chi connectivity index (χ4v) is 2.55. The van der Waals surface area contributed by atoms with Gasteiger partial charge in [-0.25, -0.2) is 4.98 Å². The Balaban J connectivity index is 2.07. The molecule has 2 aromatic rings. The van der Waals surface area contributed by atoms with Gasteiger partial charge in [0.25, 0.3) is 0 Å². The van der Waals surface area contributed by atoms with Crippen molar-refractivity contribution in [2.45, 2.75) is 18.9 Å². The number of pyridine rings is 1. The van der Waals surface area contributed by atoms with E-state index in [1.54, 1.807) is 0 Å². The molecule has 0 bridgehead atoms. The van der Waals surface area contributed by atoms with Crippen LogP contribution < -0.4 is 10.6 Å². The molecule has 2 N–H and O–H groups in total. The van der Waals surface area contributed by atoms with Crippen LogP contribution in [-0.4, -0.2) is 28.5 Å². The maximum Gasteiger partial charge on any atom is 0.138 e. The third kappa shape index (κ3) is 1.38. The number of nitrogens with two attached hydrogens (primary N) is 1. The number of hydrogen-bond acceptors (Lipinski definition) is 3. The van der Waals surface area contributed by atoms with Gasteiger partial charge in [0, 0.05) is 31.5 Å². The van der Waals surface area contributed by atoms with Gasteiger partial charge in [-0.1, -0.05) is 6.07 Å². The van der Waals surface area contributed by atoms with Crippen molar-refractivity contribution in [2.24, 2.45) is 5.73 Å². The van der Waals surface area contributed by atoms with Crippen LogP contribution >= 0.6 is 0 Å². The summed E-state index contributed by atoms with van der Waals surface area (Å²) in [6.07, 6.45) is 6.28. The SMILES string of the molecule is NCC1CCCN1c1cccc2nccn12. The predicted octanol–water partition coefficient (Wildman–Crippen LogP) is 1.26. The lowest BCUT2D eigenvalue weighted by Gasteiger charge is -2.26. The zero-order chi connectivity index (χ0) is 11.0. The van der Waals surface area contributed by atoms with E-state index in [9.17, 15) is 0 Å². The van der Waals surface area contributed by atoms with Gasteiger partial charge < -0.3 is 10.6 Å². The van der Waals surface area contributed by atoms with E-state index in [2.05, 4.69) is 26.4 Å². The quantitative estimate of drug-likeness (QED) is 0.822. The van der Waals surface area contributed by atoms with E-state index in [0.717, 1.165) is 18.7 Å². The Hall–Kier alpha value is -1.55. The second-order valence-corrected chi connectivity index (χ2v) is 4.26. The molecule has 84 valence electrons. The highest BCUT2D eigenvalue weighted by Crippen LogP contribution is 2.25. The van der Waals surface area contributed by atoms with Gasteiger partial charge in [-0.2, -0.15) is 0 Å². The van der Waals surface area contributed by atoms with Crippen LogP contribution in [0, 0.1) is 0 Å². The van der Waals surface area contributed by atoms with Gasteiger partial charge in [0.15, 0.2) is 0 Å². The first-order valence-electron chi connectivity index (χ1n) is 5.79. The topological polar surface area (TPSA) is 46.6 Å². The maximum atomic E-state index is 5.81. The summed E-state index contributed by atoms with van der Waals surface area (Å²) in [7, 11) is 0. The Morgan fingerprint density at radius 1 is 1.44 bits per heavy atom. The van der Waals surface area contributed by atoms with Crippen molar-refractivity contribution in [3.8, 4) is 0 Å². The molecule has 4 nitrogen and oxygen atoms in total. The van der Waals surface area contributed by atoms with Crippen LogP contribution in [0.3, 0.4) is 0 Å². The molecular formula is C12H16N4. The fourth-order valence-electron chi connectivity index (χ4n) is 2.55. The van der Waals surface area contributed by atoms with Crippen LogP contribution in [0.1, 0.15) is 12.8 Å². The Labute approximate surface area is 94.7 Å². The summed E-state index contributed by atoms with van der Waals surface area (Å²) in [4.78, 5) is 6.70. The van der Waals surface area contributed by atoms with Crippen LogP contribution in [0.5, 0.6) is 0 Å². The monoisotopic (exact) mass is 216 g/mol. The third-order valence-electron chi connectivity index (χ3n) is 3.35. The molecule has 0 radical (unpaired) electrons. The van der Waals surface area contributed by atoms with Crippen LogP contribution in [-0.2, 0) is 0 Å². The van der Waals surface area contributed by atoms with E-state index < -0.39 is 0 Å².